The van der Waals surface area contributed by atoms with Gasteiger partial charge >= 0.3 is 5.97 Å². The maximum Gasteiger partial charge on any atom is 0.305 e. The summed E-state index contributed by atoms with van der Waals surface area (Å²) in [4.78, 5) is 19.0. The van der Waals surface area contributed by atoms with Crippen LogP contribution in [0.2, 0.25) is 0 Å². The van der Waals surface area contributed by atoms with E-state index in [0.717, 1.165) is 16.7 Å². The average Bonchev–Trinajstić information content (AvgIpc) is 2.54. The predicted molar refractivity (Wildman–Crippen MR) is 83.8 cm³/mol. The van der Waals surface area contributed by atoms with Crippen LogP contribution in [0.3, 0.4) is 0 Å². The molecule has 0 aliphatic rings. The first-order valence-electron chi connectivity index (χ1n) is 7.12. The number of carbonyl (C=O) groups excluding carboxylic acids is 1. The highest BCUT2D eigenvalue weighted by Gasteiger charge is 2.02. The lowest BCUT2D eigenvalue weighted by atomic mass is 10.0. The summed E-state index contributed by atoms with van der Waals surface area (Å²) in [6, 6.07) is 8.02. The summed E-state index contributed by atoms with van der Waals surface area (Å²) in [5, 5.41) is 0. The van der Waals surface area contributed by atoms with Gasteiger partial charge in [-0.2, -0.15) is 0 Å². The van der Waals surface area contributed by atoms with Crippen molar-refractivity contribution in [3.63, 3.8) is 0 Å². The maximum absolute atomic E-state index is 11.0. The first-order chi connectivity index (χ1) is 10.2. The maximum atomic E-state index is 11.0. The summed E-state index contributed by atoms with van der Waals surface area (Å²) in [7, 11) is 1.40. The molecule has 0 bridgehead atoms. The van der Waals surface area contributed by atoms with Gasteiger partial charge in [-0.3, -0.25) is 4.79 Å². The molecule has 4 nitrogen and oxygen atoms in total. The second-order valence-electron chi connectivity index (χ2n) is 4.61. The highest BCUT2D eigenvalue weighted by Crippen LogP contribution is 2.18. The zero-order chi connectivity index (χ0) is 15.5. The van der Waals surface area contributed by atoms with Crippen LogP contribution in [0.4, 0.5) is 0 Å². The summed E-state index contributed by atoms with van der Waals surface area (Å²) in [5.41, 5.74) is 3.16. The summed E-state index contributed by atoms with van der Waals surface area (Å²) in [6.45, 7) is 4.25. The minimum absolute atomic E-state index is 0.185. The van der Waals surface area contributed by atoms with Crippen LogP contribution in [0.5, 0.6) is 0 Å². The lowest BCUT2D eigenvalue weighted by molar-refractivity contribution is -0.140. The van der Waals surface area contributed by atoms with Gasteiger partial charge in [-0.15, -0.1) is 0 Å². The lowest BCUT2D eigenvalue weighted by Gasteiger charge is -2.03. The Kier molecular flexibility index (Phi) is 7.72. The molecule has 0 amide bonds. The Balaban J connectivity index is 0.000000677. The van der Waals surface area contributed by atoms with Crippen molar-refractivity contribution in [3.8, 4) is 11.1 Å². The smallest absolute Gasteiger partial charge is 0.305 e. The van der Waals surface area contributed by atoms with E-state index in [1.807, 2.05) is 24.3 Å². The molecule has 1 aromatic carbocycles. The fraction of sp³-hybridized carbons (Fsp3) is 0.353. The van der Waals surface area contributed by atoms with E-state index in [1.165, 1.54) is 19.9 Å². The Hall–Kier alpha value is -2.23. The van der Waals surface area contributed by atoms with Crippen LogP contribution in [0.25, 0.3) is 11.1 Å². The molecule has 0 aliphatic heterocycles. The molecule has 2 rings (SSSR count). The number of methoxy groups -OCH3 is 1. The number of esters is 1. The second kappa shape index (κ2) is 9.64. The van der Waals surface area contributed by atoms with Crippen LogP contribution in [0.15, 0.2) is 43.0 Å². The van der Waals surface area contributed by atoms with Gasteiger partial charge in [0.2, 0.25) is 0 Å². The molecule has 0 aliphatic carbocycles. The summed E-state index contributed by atoms with van der Waals surface area (Å²) in [5.74, 6) is -0.185. The summed E-state index contributed by atoms with van der Waals surface area (Å²) >= 11 is 0. The molecule has 0 radical (unpaired) electrons. The molecular weight excluding hydrogens is 264 g/mol. The van der Waals surface area contributed by atoms with Crippen LogP contribution in [0, 0.1) is 0 Å². The number of benzene rings is 1. The van der Waals surface area contributed by atoms with E-state index >= 15 is 0 Å². The zero-order valence-electron chi connectivity index (χ0n) is 12.9. The van der Waals surface area contributed by atoms with E-state index in [-0.39, 0.29) is 5.97 Å². The highest BCUT2D eigenvalue weighted by molar-refractivity contribution is 5.69. The van der Waals surface area contributed by atoms with Crippen LogP contribution >= 0.6 is 0 Å². The van der Waals surface area contributed by atoms with Gasteiger partial charge in [0.1, 0.15) is 6.33 Å². The Morgan fingerprint density at radius 1 is 1.05 bits per heavy atom. The standard InChI is InChI=1S/C14H14N2O2.C3H8/c1-18-14(17)7-4-11-2-5-12(6-3-11)13-8-15-10-16-9-13;1-3-2/h2-3,5-6,8-10H,4,7H2,1H3;3H2,1-2H3. The second-order valence-corrected chi connectivity index (χ2v) is 4.61. The number of hydrogen-bond donors (Lipinski definition) is 0. The molecular formula is C17H22N2O2. The van der Waals surface area contributed by atoms with E-state index < -0.39 is 0 Å². The number of hydrogen-bond acceptors (Lipinski definition) is 4. The van der Waals surface area contributed by atoms with Crippen molar-refractivity contribution >= 4 is 5.97 Å². The van der Waals surface area contributed by atoms with E-state index in [0.29, 0.717) is 12.8 Å². The molecule has 2 aromatic rings. The molecule has 21 heavy (non-hydrogen) atoms. The van der Waals surface area contributed by atoms with Crippen molar-refractivity contribution in [1.29, 1.82) is 0 Å². The van der Waals surface area contributed by atoms with Gasteiger partial charge in [0, 0.05) is 24.4 Å². The third-order valence-corrected chi connectivity index (χ3v) is 2.69. The molecule has 0 N–H and O–H groups in total. The largest absolute Gasteiger partial charge is 0.469 e. The van der Waals surface area contributed by atoms with Crippen molar-refractivity contribution in [2.75, 3.05) is 7.11 Å². The molecule has 0 saturated heterocycles. The van der Waals surface area contributed by atoms with Gasteiger partial charge in [0.15, 0.2) is 0 Å². The van der Waals surface area contributed by atoms with Crippen molar-refractivity contribution in [2.45, 2.75) is 33.1 Å². The SMILES string of the molecule is CCC.COC(=O)CCc1ccc(-c2cncnc2)cc1. The van der Waals surface area contributed by atoms with Gasteiger partial charge < -0.3 is 4.74 Å². The Morgan fingerprint density at radius 3 is 2.14 bits per heavy atom. The number of carbonyl (C=O) groups is 1. The van der Waals surface area contributed by atoms with Gasteiger partial charge in [-0.1, -0.05) is 44.5 Å². The van der Waals surface area contributed by atoms with E-state index in [4.69, 9.17) is 0 Å². The van der Waals surface area contributed by atoms with Crippen LogP contribution in [-0.2, 0) is 16.0 Å². The van der Waals surface area contributed by atoms with Gasteiger partial charge in [-0.25, -0.2) is 9.97 Å². The average molecular weight is 286 g/mol. The quantitative estimate of drug-likeness (QED) is 0.805. The lowest BCUT2D eigenvalue weighted by Crippen LogP contribution is -2.01. The highest BCUT2D eigenvalue weighted by atomic mass is 16.5. The number of rotatable bonds is 4. The summed E-state index contributed by atoms with van der Waals surface area (Å²) < 4.78 is 4.61. The van der Waals surface area contributed by atoms with E-state index in [9.17, 15) is 4.79 Å². The van der Waals surface area contributed by atoms with Gasteiger partial charge in [0.05, 0.1) is 7.11 Å². The third kappa shape index (κ3) is 6.17. The predicted octanol–water partition coefficient (Wildman–Crippen LogP) is 3.67. The molecule has 0 atom stereocenters. The first-order valence-corrected chi connectivity index (χ1v) is 7.12. The Morgan fingerprint density at radius 2 is 1.62 bits per heavy atom. The minimum Gasteiger partial charge on any atom is -0.469 e. The number of aromatic nitrogens is 2. The molecule has 0 saturated carbocycles. The van der Waals surface area contributed by atoms with Gasteiger partial charge in [-0.05, 0) is 17.5 Å². The fourth-order valence-electron chi connectivity index (χ4n) is 1.66. The molecule has 1 heterocycles. The van der Waals surface area contributed by atoms with Gasteiger partial charge in [0.25, 0.3) is 0 Å². The van der Waals surface area contributed by atoms with Crippen LogP contribution in [0.1, 0.15) is 32.3 Å². The first kappa shape index (κ1) is 16.8. The van der Waals surface area contributed by atoms with Crippen molar-refractivity contribution in [2.24, 2.45) is 0 Å². The van der Waals surface area contributed by atoms with Crippen LogP contribution in [-0.4, -0.2) is 23.0 Å². The molecule has 4 heteroatoms. The topological polar surface area (TPSA) is 52.1 Å². The van der Waals surface area contributed by atoms with Crippen molar-refractivity contribution < 1.29 is 9.53 Å². The normalized spacial score (nSPS) is 9.48. The fourth-order valence-corrected chi connectivity index (χ4v) is 1.66. The van der Waals surface area contributed by atoms with E-state index in [1.54, 1.807) is 12.4 Å². The summed E-state index contributed by atoms with van der Waals surface area (Å²) in [6.07, 6.45) is 7.41. The minimum atomic E-state index is -0.185. The van der Waals surface area contributed by atoms with Crippen molar-refractivity contribution in [1.82, 2.24) is 9.97 Å². The number of aryl methyl sites for hydroxylation is 1. The molecule has 0 fully saturated rings. The molecule has 0 spiro atoms. The number of nitrogens with zero attached hydrogens (tertiary/aromatic N) is 2. The Bertz CT molecular complexity index is 524. The van der Waals surface area contributed by atoms with Crippen LogP contribution < -0.4 is 0 Å². The third-order valence-electron chi connectivity index (χ3n) is 2.69. The van der Waals surface area contributed by atoms with Crippen molar-refractivity contribution in [3.05, 3.63) is 48.5 Å². The number of ether oxygens (including phenoxy) is 1. The Labute approximate surface area is 126 Å². The molecule has 0 unspecified atom stereocenters. The molecule has 1 aromatic heterocycles. The van der Waals surface area contributed by atoms with E-state index in [2.05, 4.69) is 28.6 Å². The zero-order valence-corrected chi connectivity index (χ0v) is 12.9. The molecule has 112 valence electrons. The monoisotopic (exact) mass is 286 g/mol.